The molecule has 2 heterocycles. The van der Waals surface area contributed by atoms with Crippen LogP contribution in [-0.4, -0.2) is 28.0 Å². The molecule has 0 spiro atoms. The number of benzene rings is 1. The van der Waals surface area contributed by atoms with Gasteiger partial charge >= 0.3 is 0 Å². The Morgan fingerprint density at radius 3 is 2.78 bits per heavy atom. The number of ether oxygens (including phenoxy) is 1. The minimum Gasteiger partial charge on any atom is -0.490 e. The molecule has 0 saturated heterocycles. The number of carbonyl (C=O) groups is 1. The van der Waals surface area contributed by atoms with E-state index in [-0.39, 0.29) is 23.6 Å². The lowest BCUT2D eigenvalue weighted by molar-refractivity contribution is 0.0884. The van der Waals surface area contributed by atoms with Crippen LogP contribution >= 0.6 is 0 Å². The molecule has 6 heteroatoms. The van der Waals surface area contributed by atoms with E-state index in [1.165, 1.54) is 0 Å². The molecular formula is C21H23N3O3. The van der Waals surface area contributed by atoms with Crippen LogP contribution in [0, 0.1) is 6.92 Å². The summed E-state index contributed by atoms with van der Waals surface area (Å²) >= 11 is 0. The molecule has 4 rings (SSSR count). The third kappa shape index (κ3) is 3.60. The van der Waals surface area contributed by atoms with Gasteiger partial charge in [-0.3, -0.25) is 9.59 Å². The number of carbonyl (C=O) groups excluding carboxylic acids is 1. The second-order valence-corrected chi connectivity index (χ2v) is 7.14. The zero-order valence-corrected chi connectivity index (χ0v) is 15.2. The van der Waals surface area contributed by atoms with Crippen LogP contribution in [0.1, 0.15) is 41.6 Å². The predicted octanol–water partition coefficient (Wildman–Crippen LogP) is 3.28. The second kappa shape index (κ2) is 7.31. The molecule has 6 nitrogen and oxygen atoms in total. The first-order valence-electron chi connectivity index (χ1n) is 9.34. The molecule has 0 radical (unpaired) electrons. The summed E-state index contributed by atoms with van der Waals surface area (Å²) < 4.78 is 6.05. The van der Waals surface area contributed by atoms with E-state index in [1.807, 2.05) is 37.3 Å². The quantitative estimate of drug-likeness (QED) is 0.663. The minimum absolute atomic E-state index is 0.0359. The highest BCUT2D eigenvalue weighted by Gasteiger charge is 2.26. The molecule has 1 saturated carbocycles. The molecule has 1 fully saturated rings. The van der Waals surface area contributed by atoms with E-state index in [0.29, 0.717) is 16.5 Å². The average molecular weight is 365 g/mol. The van der Waals surface area contributed by atoms with Crippen molar-refractivity contribution in [1.82, 2.24) is 15.3 Å². The average Bonchev–Trinajstić information content (AvgIpc) is 3.13. The number of pyridine rings is 1. The summed E-state index contributed by atoms with van der Waals surface area (Å²) in [6.07, 6.45) is 7.00. The molecule has 1 aliphatic rings. The Morgan fingerprint density at radius 2 is 1.96 bits per heavy atom. The fourth-order valence-corrected chi connectivity index (χ4v) is 3.81. The molecule has 2 atom stereocenters. The van der Waals surface area contributed by atoms with Crippen molar-refractivity contribution in [2.45, 2.75) is 44.8 Å². The van der Waals surface area contributed by atoms with Crippen LogP contribution in [0.2, 0.25) is 0 Å². The smallest absolute Gasteiger partial charge is 0.258 e. The van der Waals surface area contributed by atoms with Crippen LogP contribution in [0.15, 0.2) is 47.5 Å². The molecule has 0 bridgehead atoms. The number of aromatic nitrogens is 2. The summed E-state index contributed by atoms with van der Waals surface area (Å²) in [5.74, 6) is 0.635. The van der Waals surface area contributed by atoms with Gasteiger partial charge in [0.2, 0.25) is 0 Å². The maximum Gasteiger partial charge on any atom is 0.258 e. The fraction of sp³-hybridized carbons (Fsp3) is 0.333. The monoisotopic (exact) mass is 365 g/mol. The summed E-state index contributed by atoms with van der Waals surface area (Å²) in [5, 5.41) is 3.50. The Kier molecular flexibility index (Phi) is 4.71. The van der Waals surface area contributed by atoms with Crippen molar-refractivity contribution in [1.29, 1.82) is 0 Å². The molecule has 2 unspecified atom stereocenters. The Bertz CT molecular complexity index is 1010. The lowest BCUT2D eigenvalue weighted by Crippen LogP contribution is -2.41. The van der Waals surface area contributed by atoms with E-state index >= 15 is 0 Å². The van der Waals surface area contributed by atoms with Crippen LogP contribution < -0.4 is 15.6 Å². The summed E-state index contributed by atoms with van der Waals surface area (Å²) in [6, 6.07) is 9.79. The van der Waals surface area contributed by atoms with E-state index in [2.05, 4.69) is 15.3 Å². The van der Waals surface area contributed by atoms with E-state index in [4.69, 9.17) is 4.74 Å². The predicted molar refractivity (Wildman–Crippen MR) is 104 cm³/mol. The van der Waals surface area contributed by atoms with Gasteiger partial charge in [0.1, 0.15) is 11.9 Å². The van der Waals surface area contributed by atoms with E-state index in [1.54, 1.807) is 12.4 Å². The molecule has 1 aromatic carbocycles. The van der Waals surface area contributed by atoms with Gasteiger partial charge in [-0.25, -0.2) is 0 Å². The first kappa shape index (κ1) is 17.4. The molecule has 0 aliphatic heterocycles. The number of rotatable bonds is 4. The van der Waals surface area contributed by atoms with Gasteiger partial charge in [-0.15, -0.1) is 0 Å². The molecule has 3 aromatic rings. The van der Waals surface area contributed by atoms with Crippen molar-refractivity contribution in [2.75, 3.05) is 0 Å². The summed E-state index contributed by atoms with van der Waals surface area (Å²) in [4.78, 5) is 30.7. The Balaban J connectivity index is 1.47. The van der Waals surface area contributed by atoms with Crippen molar-refractivity contribution in [3.05, 3.63) is 64.2 Å². The van der Waals surface area contributed by atoms with Crippen LogP contribution in [0.4, 0.5) is 0 Å². The van der Waals surface area contributed by atoms with Crippen molar-refractivity contribution in [2.24, 2.45) is 0 Å². The van der Waals surface area contributed by atoms with Crippen LogP contribution in [-0.2, 0) is 0 Å². The van der Waals surface area contributed by atoms with Crippen LogP contribution in [0.25, 0.3) is 10.9 Å². The lowest BCUT2D eigenvalue weighted by Gasteiger charge is -2.30. The van der Waals surface area contributed by atoms with Crippen molar-refractivity contribution >= 4 is 16.8 Å². The Labute approximate surface area is 156 Å². The number of hydrogen-bond acceptors (Lipinski definition) is 3. The van der Waals surface area contributed by atoms with E-state index < -0.39 is 0 Å². The number of aryl methyl sites for hydroxylation is 1. The Hall–Kier alpha value is -3.02. The summed E-state index contributed by atoms with van der Waals surface area (Å²) in [6.45, 7) is 1.89. The molecule has 140 valence electrons. The lowest BCUT2D eigenvalue weighted by atomic mass is 9.92. The van der Waals surface area contributed by atoms with Gasteiger partial charge in [-0.05, 0) is 43.9 Å². The molecule has 27 heavy (non-hydrogen) atoms. The maximum absolute atomic E-state index is 12.8. The topological polar surface area (TPSA) is 87.0 Å². The van der Waals surface area contributed by atoms with Crippen LogP contribution in [0.3, 0.4) is 0 Å². The number of H-pyrrole nitrogens is 2. The summed E-state index contributed by atoms with van der Waals surface area (Å²) in [5.41, 5.74) is 1.74. The van der Waals surface area contributed by atoms with E-state index in [0.717, 1.165) is 37.0 Å². The fourth-order valence-electron chi connectivity index (χ4n) is 3.81. The van der Waals surface area contributed by atoms with Gasteiger partial charge in [0, 0.05) is 24.9 Å². The van der Waals surface area contributed by atoms with Crippen molar-refractivity contribution < 1.29 is 9.53 Å². The van der Waals surface area contributed by atoms with Gasteiger partial charge in [0.15, 0.2) is 0 Å². The number of para-hydroxylation sites is 1. The molecular weight excluding hydrogens is 342 g/mol. The maximum atomic E-state index is 12.8. The number of hydrogen-bond donors (Lipinski definition) is 3. The molecule has 1 aliphatic carbocycles. The summed E-state index contributed by atoms with van der Waals surface area (Å²) in [7, 11) is 0. The van der Waals surface area contributed by atoms with Crippen molar-refractivity contribution in [3.8, 4) is 5.75 Å². The number of amides is 1. The highest BCUT2D eigenvalue weighted by Crippen LogP contribution is 2.24. The normalized spacial score (nSPS) is 19.7. The second-order valence-electron chi connectivity index (χ2n) is 7.14. The highest BCUT2D eigenvalue weighted by molar-refractivity contribution is 6.07. The van der Waals surface area contributed by atoms with Gasteiger partial charge < -0.3 is 20.0 Å². The third-order valence-electron chi connectivity index (χ3n) is 5.17. The molecule has 1 amide bonds. The molecule has 2 aromatic heterocycles. The zero-order chi connectivity index (χ0) is 18.8. The largest absolute Gasteiger partial charge is 0.490 e. The van der Waals surface area contributed by atoms with Gasteiger partial charge in [0.05, 0.1) is 16.5 Å². The first-order chi connectivity index (χ1) is 13.1. The van der Waals surface area contributed by atoms with Gasteiger partial charge in [-0.2, -0.15) is 0 Å². The standard InChI is InChI=1S/C21H23N3O3/c1-13-11-23-21(26)18-17(12-22-19(13)18)20(25)24-14-6-5-9-16(10-14)27-15-7-3-2-4-8-15/h2-4,7-8,11-12,14,16,22H,5-6,9-10H2,1H3,(H,23,26)(H,24,25). The SMILES string of the molecule is Cc1c[nH]c(=O)c2c(C(=O)NC3CCCC(Oc4ccccc4)C3)c[nH]c12. The number of fused-ring (bicyclic) bond motifs is 1. The highest BCUT2D eigenvalue weighted by atomic mass is 16.5. The Morgan fingerprint density at radius 1 is 1.15 bits per heavy atom. The molecule has 3 N–H and O–H groups in total. The van der Waals surface area contributed by atoms with Gasteiger partial charge in [0.25, 0.3) is 11.5 Å². The van der Waals surface area contributed by atoms with Crippen molar-refractivity contribution in [3.63, 3.8) is 0 Å². The van der Waals surface area contributed by atoms with Crippen LogP contribution in [0.5, 0.6) is 5.75 Å². The van der Waals surface area contributed by atoms with Gasteiger partial charge in [-0.1, -0.05) is 18.2 Å². The minimum atomic E-state index is -0.254. The van der Waals surface area contributed by atoms with E-state index in [9.17, 15) is 9.59 Å². The zero-order valence-electron chi connectivity index (χ0n) is 15.2. The number of aromatic amines is 2. The number of nitrogens with one attached hydrogen (secondary N) is 3. The first-order valence-corrected chi connectivity index (χ1v) is 9.34. The third-order valence-corrected chi connectivity index (χ3v) is 5.17.